The van der Waals surface area contributed by atoms with Crippen molar-refractivity contribution in [2.75, 3.05) is 37.2 Å². The quantitative estimate of drug-likeness (QED) is 0.419. The number of H-pyrrole nitrogens is 1. The average molecular weight is 576 g/mol. The Kier molecular flexibility index (Phi) is 6.38. The number of fused-ring (bicyclic) bond motifs is 3. The van der Waals surface area contributed by atoms with E-state index in [2.05, 4.69) is 49.1 Å². The number of aromatic amines is 1. The number of nitrogens with two attached hydrogens (primary N) is 1. The van der Waals surface area contributed by atoms with Crippen LogP contribution in [-0.4, -0.2) is 79.0 Å². The maximum Gasteiger partial charge on any atom is 0.278 e. The molecule has 12 heteroatoms. The molecule has 4 aliphatic rings. The summed E-state index contributed by atoms with van der Waals surface area (Å²) in [6.07, 6.45) is 10.0. The normalized spacial score (nSPS) is 21.7. The van der Waals surface area contributed by atoms with Crippen molar-refractivity contribution in [1.29, 1.82) is 0 Å². The maximum atomic E-state index is 13.7. The number of hydrogen-bond donors (Lipinski definition) is 3. The molecule has 4 N–H and O–H groups in total. The largest absolute Gasteiger partial charge is 0.368 e. The third-order valence-corrected chi connectivity index (χ3v) is 10.2. The third-order valence-electron chi connectivity index (χ3n) is 9.44. The van der Waals surface area contributed by atoms with Gasteiger partial charge in [0.2, 0.25) is 11.9 Å². The van der Waals surface area contributed by atoms with Gasteiger partial charge in [-0.25, -0.2) is 15.0 Å². The molecule has 2 amide bonds. The summed E-state index contributed by atoms with van der Waals surface area (Å²) in [4.78, 5) is 45.1. The zero-order valence-corrected chi connectivity index (χ0v) is 24.5. The van der Waals surface area contributed by atoms with Crippen molar-refractivity contribution in [3.63, 3.8) is 0 Å². The number of nitrogen functional groups attached to an aromatic ring is 1. The monoisotopic (exact) mass is 575 g/mol. The molecule has 0 aromatic carbocycles. The minimum Gasteiger partial charge on any atom is -0.368 e. The average Bonchev–Trinajstić information content (AvgIpc) is 3.41. The summed E-state index contributed by atoms with van der Waals surface area (Å²) in [6, 6.07) is 0.603. The second kappa shape index (κ2) is 9.87. The minimum atomic E-state index is -0.547. The van der Waals surface area contributed by atoms with Crippen LogP contribution < -0.4 is 11.1 Å². The number of piperidine rings is 2. The number of hydrogen-bond acceptors (Lipinski definition) is 9. The van der Waals surface area contributed by atoms with Crippen LogP contribution >= 0.6 is 11.3 Å². The Morgan fingerprint density at radius 2 is 1.85 bits per heavy atom. The van der Waals surface area contributed by atoms with Gasteiger partial charge in [0.1, 0.15) is 0 Å². The lowest BCUT2D eigenvalue weighted by molar-refractivity contribution is -0.135. The summed E-state index contributed by atoms with van der Waals surface area (Å²) >= 11 is 1.36. The molecular formula is C29H37N9O2S. The zero-order valence-electron chi connectivity index (χ0n) is 23.7. The first-order chi connectivity index (χ1) is 19.7. The van der Waals surface area contributed by atoms with Crippen LogP contribution in [0.1, 0.15) is 86.1 Å². The Balaban J connectivity index is 1.05. The Morgan fingerprint density at radius 3 is 2.59 bits per heavy atom. The summed E-state index contributed by atoms with van der Waals surface area (Å²) < 4.78 is 0. The number of anilines is 2. The summed E-state index contributed by atoms with van der Waals surface area (Å²) in [5.41, 5.74) is 9.18. The molecule has 11 nitrogen and oxygen atoms in total. The van der Waals surface area contributed by atoms with E-state index in [0.717, 1.165) is 55.6 Å². The number of thiazole rings is 1. The highest BCUT2D eigenvalue weighted by atomic mass is 32.1. The molecule has 2 aliphatic heterocycles. The highest BCUT2D eigenvalue weighted by Gasteiger charge is 2.55. The summed E-state index contributed by atoms with van der Waals surface area (Å²) in [6.45, 7) is 8.19. The van der Waals surface area contributed by atoms with E-state index in [1.807, 2.05) is 5.38 Å². The fourth-order valence-corrected chi connectivity index (χ4v) is 7.90. The van der Waals surface area contributed by atoms with E-state index < -0.39 is 5.41 Å². The number of rotatable bonds is 5. The molecule has 3 aromatic rings. The highest BCUT2D eigenvalue weighted by molar-refractivity contribution is 7.14. The van der Waals surface area contributed by atoms with Gasteiger partial charge in [0.15, 0.2) is 10.8 Å². The van der Waals surface area contributed by atoms with Crippen molar-refractivity contribution in [1.82, 2.24) is 34.9 Å². The predicted octanol–water partition coefficient (Wildman–Crippen LogP) is 3.50. The summed E-state index contributed by atoms with van der Waals surface area (Å²) in [5, 5.41) is 12.8. The summed E-state index contributed by atoms with van der Waals surface area (Å²) in [7, 11) is 0. The molecule has 7 rings (SSSR count). The van der Waals surface area contributed by atoms with E-state index in [-0.39, 0.29) is 23.2 Å². The van der Waals surface area contributed by atoms with Gasteiger partial charge >= 0.3 is 0 Å². The van der Waals surface area contributed by atoms with E-state index in [1.165, 1.54) is 43.7 Å². The molecule has 2 saturated heterocycles. The van der Waals surface area contributed by atoms with Crippen molar-refractivity contribution in [3.8, 4) is 11.4 Å². The fourth-order valence-electron chi connectivity index (χ4n) is 7.10. The predicted molar refractivity (Wildman–Crippen MR) is 157 cm³/mol. The first-order valence-corrected chi connectivity index (χ1v) is 15.6. The second-order valence-electron chi connectivity index (χ2n) is 12.7. The molecule has 3 aromatic heterocycles. The highest BCUT2D eigenvalue weighted by Crippen LogP contribution is 2.50. The van der Waals surface area contributed by atoms with Gasteiger partial charge in [0.05, 0.1) is 22.5 Å². The molecule has 41 heavy (non-hydrogen) atoms. The maximum absolute atomic E-state index is 13.7. The first-order valence-electron chi connectivity index (χ1n) is 14.8. The van der Waals surface area contributed by atoms with Crippen LogP contribution in [0.3, 0.4) is 0 Å². The number of likely N-dealkylation sites (tertiary alicyclic amines) is 2. The number of carbonyl (C=O) groups excluding carboxylic acids is 2. The molecule has 0 spiro atoms. The van der Waals surface area contributed by atoms with E-state index >= 15 is 0 Å². The van der Waals surface area contributed by atoms with E-state index in [4.69, 9.17) is 10.7 Å². The lowest BCUT2D eigenvalue weighted by atomic mass is 9.73. The van der Waals surface area contributed by atoms with E-state index in [9.17, 15) is 9.59 Å². The summed E-state index contributed by atoms with van der Waals surface area (Å²) in [5.74, 6) is 0.0407. The lowest BCUT2D eigenvalue weighted by Crippen LogP contribution is -2.50. The van der Waals surface area contributed by atoms with Crippen molar-refractivity contribution in [2.45, 2.75) is 82.1 Å². The van der Waals surface area contributed by atoms with Crippen LogP contribution in [0.2, 0.25) is 0 Å². The molecule has 0 bridgehead atoms. The van der Waals surface area contributed by atoms with E-state index in [1.54, 1.807) is 6.20 Å². The Hall–Kier alpha value is -3.38. The van der Waals surface area contributed by atoms with Crippen LogP contribution in [-0.2, 0) is 22.0 Å². The Labute approximate surface area is 243 Å². The molecule has 3 fully saturated rings. The van der Waals surface area contributed by atoms with Gasteiger partial charge in [-0.15, -0.1) is 11.3 Å². The molecule has 0 radical (unpaired) electrons. The van der Waals surface area contributed by atoms with Gasteiger partial charge in [0, 0.05) is 36.3 Å². The molecule has 2 aliphatic carbocycles. The van der Waals surface area contributed by atoms with Crippen LogP contribution in [0.15, 0.2) is 11.6 Å². The van der Waals surface area contributed by atoms with Crippen LogP contribution in [0, 0.1) is 0 Å². The smallest absolute Gasteiger partial charge is 0.278 e. The lowest BCUT2D eigenvalue weighted by Gasteiger charge is -2.41. The van der Waals surface area contributed by atoms with Crippen LogP contribution in [0.4, 0.5) is 11.1 Å². The SMILES string of the molecule is CC1(C)Cc2cnc(N)nc2-c2[nH]nc(C(=O)Nc3nc(C4(C(=O)N5CCC(N6CCCCC6)CC5)CC4)cs3)c21. The zero-order chi connectivity index (χ0) is 28.4. The third kappa shape index (κ3) is 4.61. The second-order valence-corrected chi connectivity index (χ2v) is 13.5. The molecular weight excluding hydrogens is 538 g/mol. The topological polar surface area (TPSA) is 146 Å². The van der Waals surface area contributed by atoms with Gasteiger partial charge < -0.3 is 15.5 Å². The minimum absolute atomic E-state index is 0.181. The molecule has 0 atom stereocenters. The number of nitrogens with one attached hydrogen (secondary N) is 2. The van der Waals surface area contributed by atoms with Gasteiger partial charge in [-0.2, -0.15) is 5.10 Å². The standard InChI is InChI=1S/C29H37N9O2S/c1-28(2)14-17-15-31-26(30)33-21(17)22-20(28)23(36-35-22)24(39)34-27-32-19(16-41-27)29(8-9-29)25(40)38-12-6-18(7-13-38)37-10-4-3-5-11-37/h15-16,18H,3-14H2,1-2H3,(H,35,36)(H2,30,31,33)(H,32,34,39). The Morgan fingerprint density at radius 1 is 1.10 bits per heavy atom. The number of carbonyl (C=O) groups is 2. The van der Waals surface area contributed by atoms with Crippen LogP contribution in [0.25, 0.3) is 11.4 Å². The van der Waals surface area contributed by atoms with Gasteiger partial charge in [0.25, 0.3) is 5.91 Å². The fraction of sp³-hybridized carbons (Fsp3) is 0.586. The molecule has 1 saturated carbocycles. The molecule has 216 valence electrons. The van der Waals surface area contributed by atoms with Crippen molar-refractivity contribution in [3.05, 3.63) is 34.1 Å². The van der Waals surface area contributed by atoms with Crippen LogP contribution in [0.5, 0.6) is 0 Å². The number of aromatic nitrogens is 5. The molecule has 0 unspecified atom stereocenters. The number of nitrogens with zero attached hydrogens (tertiary/aromatic N) is 6. The van der Waals surface area contributed by atoms with Crippen molar-refractivity contribution < 1.29 is 9.59 Å². The van der Waals surface area contributed by atoms with E-state index in [0.29, 0.717) is 34.7 Å². The van der Waals surface area contributed by atoms with Gasteiger partial charge in [-0.05, 0) is 69.0 Å². The van der Waals surface area contributed by atoms with Gasteiger partial charge in [-0.3, -0.25) is 20.0 Å². The van der Waals surface area contributed by atoms with Gasteiger partial charge in [-0.1, -0.05) is 20.3 Å². The van der Waals surface area contributed by atoms with Crippen molar-refractivity contribution >= 4 is 34.2 Å². The first kappa shape index (κ1) is 26.5. The Bertz CT molecular complexity index is 1490. The molecule has 5 heterocycles. The van der Waals surface area contributed by atoms with Crippen molar-refractivity contribution in [2.24, 2.45) is 0 Å². The number of amides is 2.